The molecule has 0 unspecified atom stereocenters. The van der Waals surface area contributed by atoms with Crippen molar-refractivity contribution in [2.24, 2.45) is 5.16 Å². The predicted molar refractivity (Wildman–Crippen MR) is 103 cm³/mol. The van der Waals surface area contributed by atoms with E-state index in [1.807, 2.05) is 60.7 Å². The average Bonchev–Trinajstić information content (AvgIpc) is 3.25. The van der Waals surface area contributed by atoms with Crippen molar-refractivity contribution in [2.45, 2.75) is 6.10 Å². The quantitative estimate of drug-likeness (QED) is 0.356. The first-order valence-electron chi connectivity index (χ1n) is 8.26. The van der Waals surface area contributed by atoms with Crippen molar-refractivity contribution in [3.8, 4) is 0 Å². The normalized spacial score (nSPS) is 11.2. The lowest BCUT2D eigenvalue weighted by Gasteiger charge is -2.18. The van der Waals surface area contributed by atoms with Crippen LogP contribution < -0.4 is 0 Å². The number of oxime groups is 1. The Balaban J connectivity index is 1.69. The van der Waals surface area contributed by atoms with Crippen LogP contribution in [0.4, 0.5) is 0 Å². The third kappa shape index (κ3) is 5.01. The van der Waals surface area contributed by atoms with Gasteiger partial charge in [-0.25, -0.2) is 14.6 Å². The molecule has 1 aromatic heterocycles. The minimum absolute atomic E-state index is 0.164. The number of thiazole rings is 1. The molecule has 0 radical (unpaired) electrons. The molecule has 0 saturated heterocycles. The molecule has 0 fully saturated rings. The van der Waals surface area contributed by atoms with Crippen LogP contribution in [0.2, 0.25) is 0 Å². The van der Waals surface area contributed by atoms with E-state index in [0.29, 0.717) is 0 Å². The van der Waals surface area contributed by atoms with Crippen LogP contribution in [0.3, 0.4) is 0 Å². The van der Waals surface area contributed by atoms with Gasteiger partial charge in [-0.15, -0.1) is 11.3 Å². The maximum atomic E-state index is 12.3. The van der Waals surface area contributed by atoms with Crippen LogP contribution in [0, 0.1) is 0 Å². The average molecular weight is 396 g/mol. The predicted octanol–water partition coefficient (Wildman–Crippen LogP) is 3.28. The minimum Gasteiger partial charge on any atom is -0.476 e. The molecule has 0 bridgehead atoms. The number of carbonyl (C=O) groups excluding carboxylic acids is 1. The van der Waals surface area contributed by atoms with Gasteiger partial charge in [0.1, 0.15) is 5.69 Å². The lowest BCUT2D eigenvalue weighted by atomic mass is 10.0. The zero-order chi connectivity index (χ0) is 19.8. The summed E-state index contributed by atoms with van der Waals surface area (Å²) in [6.07, 6.45) is -0.611. The number of carbonyl (C=O) groups is 2. The molecule has 0 aliphatic carbocycles. The molecular formula is C20H16N2O5S. The van der Waals surface area contributed by atoms with Crippen LogP contribution in [-0.2, 0) is 19.2 Å². The van der Waals surface area contributed by atoms with Gasteiger partial charge in [-0.3, -0.25) is 0 Å². The molecule has 7 nitrogen and oxygen atoms in total. The van der Waals surface area contributed by atoms with Crippen molar-refractivity contribution >= 4 is 29.0 Å². The Labute approximate surface area is 164 Å². The highest BCUT2D eigenvalue weighted by atomic mass is 32.1. The fourth-order valence-corrected chi connectivity index (χ4v) is 2.96. The maximum Gasteiger partial charge on any atom is 0.360 e. The van der Waals surface area contributed by atoms with Gasteiger partial charge in [-0.1, -0.05) is 65.8 Å². The summed E-state index contributed by atoms with van der Waals surface area (Å²) in [5.41, 5.74) is 2.87. The smallest absolute Gasteiger partial charge is 0.360 e. The van der Waals surface area contributed by atoms with Gasteiger partial charge in [0, 0.05) is 5.38 Å². The number of benzene rings is 2. The summed E-state index contributed by atoms with van der Waals surface area (Å²) in [4.78, 5) is 32.3. The molecule has 0 aliphatic heterocycles. The monoisotopic (exact) mass is 396 g/mol. The molecule has 0 amide bonds. The van der Waals surface area contributed by atoms with Crippen LogP contribution in [0.1, 0.15) is 22.9 Å². The molecule has 2 aromatic carbocycles. The Morgan fingerprint density at radius 2 is 1.64 bits per heavy atom. The van der Waals surface area contributed by atoms with Gasteiger partial charge in [-0.2, -0.15) is 0 Å². The number of hydrogen-bond acceptors (Lipinski definition) is 7. The van der Waals surface area contributed by atoms with Crippen LogP contribution in [-0.4, -0.2) is 34.3 Å². The molecular weight excluding hydrogens is 380 g/mol. The van der Waals surface area contributed by atoms with Gasteiger partial charge in [0.15, 0.2) is 6.10 Å². The zero-order valence-corrected chi connectivity index (χ0v) is 15.4. The molecule has 28 heavy (non-hydrogen) atoms. The van der Waals surface area contributed by atoms with Crippen LogP contribution in [0.25, 0.3) is 0 Å². The van der Waals surface area contributed by atoms with Gasteiger partial charge in [0.05, 0.1) is 5.51 Å². The van der Waals surface area contributed by atoms with E-state index in [1.54, 1.807) is 0 Å². The number of esters is 1. The molecule has 0 aliphatic rings. The van der Waals surface area contributed by atoms with Gasteiger partial charge in [0.25, 0.3) is 0 Å². The number of nitrogens with zero attached hydrogens (tertiary/aromatic N) is 2. The molecule has 0 saturated carbocycles. The largest absolute Gasteiger partial charge is 0.476 e. The summed E-state index contributed by atoms with van der Waals surface area (Å²) in [6.45, 7) is -0.531. The van der Waals surface area contributed by atoms with E-state index in [-0.39, 0.29) is 11.4 Å². The van der Waals surface area contributed by atoms with Crippen molar-refractivity contribution in [2.75, 3.05) is 6.61 Å². The Hall–Kier alpha value is -3.52. The summed E-state index contributed by atoms with van der Waals surface area (Å²) in [5.74, 6) is -1.98. The van der Waals surface area contributed by atoms with Crippen molar-refractivity contribution in [1.29, 1.82) is 0 Å². The molecule has 3 aromatic rings. The Kier molecular flexibility index (Phi) is 6.48. The summed E-state index contributed by atoms with van der Waals surface area (Å²) < 4.78 is 5.56. The van der Waals surface area contributed by atoms with Crippen molar-refractivity contribution in [3.05, 3.63) is 88.4 Å². The highest BCUT2D eigenvalue weighted by Crippen LogP contribution is 2.25. The molecule has 142 valence electrons. The van der Waals surface area contributed by atoms with E-state index in [2.05, 4.69) is 10.1 Å². The van der Waals surface area contributed by atoms with Gasteiger partial charge < -0.3 is 14.7 Å². The molecule has 1 N–H and O–H groups in total. The Morgan fingerprint density at radius 1 is 1.04 bits per heavy atom. The zero-order valence-electron chi connectivity index (χ0n) is 14.6. The van der Waals surface area contributed by atoms with Crippen LogP contribution >= 0.6 is 11.3 Å². The van der Waals surface area contributed by atoms with E-state index in [9.17, 15) is 14.7 Å². The summed E-state index contributed by atoms with van der Waals surface area (Å²) in [6, 6.07) is 18.6. The fourth-order valence-electron chi connectivity index (χ4n) is 2.42. The van der Waals surface area contributed by atoms with Gasteiger partial charge >= 0.3 is 11.9 Å². The maximum absolute atomic E-state index is 12.3. The summed E-state index contributed by atoms with van der Waals surface area (Å²) >= 11 is 1.23. The summed E-state index contributed by atoms with van der Waals surface area (Å²) in [7, 11) is 0. The number of aliphatic carboxylic acids is 1. The topological polar surface area (TPSA) is 98.1 Å². The SMILES string of the molecule is O=C(CO/N=C(\C(=O)O)c1cscn1)OC(c1ccccc1)c1ccccc1. The molecule has 0 spiro atoms. The first kappa shape index (κ1) is 19.2. The minimum atomic E-state index is -1.30. The molecule has 3 rings (SSSR count). The van der Waals surface area contributed by atoms with Crippen molar-refractivity contribution in [3.63, 3.8) is 0 Å². The fraction of sp³-hybridized carbons (Fsp3) is 0.100. The van der Waals surface area contributed by atoms with E-state index < -0.39 is 24.6 Å². The number of rotatable bonds is 8. The van der Waals surface area contributed by atoms with Crippen molar-refractivity contribution in [1.82, 2.24) is 4.98 Å². The van der Waals surface area contributed by atoms with E-state index in [1.165, 1.54) is 22.2 Å². The Bertz CT molecular complexity index is 904. The Morgan fingerprint density at radius 3 is 2.14 bits per heavy atom. The number of carboxylic acid groups (broad SMARTS) is 1. The number of aromatic nitrogens is 1. The first-order chi connectivity index (χ1) is 13.6. The highest BCUT2D eigenvalue weighted by Gasteiger charge is 2.20. The highest BCUT2D eigenvalue weighted by molar-refractivity contribution is 7.07. The van der Waals surface area contributed by atoms with Gasteiger partial charge in [-0.05, 0) is 11.1 Å². The van der Waals surface area contributed by atoms with E-state index in [0.717, 1.165) is 11.1 Å². The molecule has 1 heterocycles. The second kappa shape index (κ2) is 9.43. The van der Waals surface area contributed by atoms with Crippen molar-refractivity contribution < 1.29 is 24.3 Å². The van der Waals surface area contributed by atoms with Gasteiger partial charge in [0.2, 0.25) is 12.3 Å². The third-order valence-electron chi connectivity index (χ3n) is 3.67. The third-order valence-corrected chi connectivity index (χ3v) is 4.26. The standard InChI is InChI=1S/C20H16N2O5S/c23-17(11-26-22-18(20(24)25)16-12-28-13-21-16)27-19(14-7-3-1-4-8-14)15-9-5-2-6-10-15/h1-10,12-13,19H,11H2,(H,24,25)/b22-18-. The van der Waals surface area contributed by atoms with E-state index in [4.69, 9.17) is 9.57 Å². The van der Waals surface area contributed by atoms with Crippen LogP contribution in [0.15, 0.2) is 76.7 Å². The van der Waals surface area contributed by atoms with Crippen LogP contribution in [0.5, 0.6) is 0 Å². The summed E-state index contributed by atoms with van der Waals surface area (Å²) in [5, 5.41) is 14.2. The lowest BCUT2D eigenvalue weighted by molar-refractivity contribution is -0.153. The molecule has 8 heteroatoms. The molecule has 0 atom stereocenters. The first-order valence-corrected chi connectivity index (χ1v) is 9.20. The van der Waals surface area contributed by atoms with E-state index >= 15 is 0 Å². The second-order valence-corrected chi connectivity index (χ2v) is 6.30. The number of hydrogen-bond donors (Lipinski definition) is 1. The number of carboxylic acids is 1. The number of ether oxygens (including phenoxy) is 1. The second-order valence-electron chi connectivity index (χ2n) is 5.58. The lowest BCUT2D eigenvalue weighted by Crippen LogP contribution is -2.19.